The molecule has 0 bridgehead atoms. The molecule has 0 unspecified atom stereocenters. The third-order valence-corrected chi connectivity index (χ3v) is 5.01. The van der Waals surface area contributed by atoms with Gasteiger partial charge in [-0.15, -0.1) is 0 Å². The van der Waals surface area contributed by atoms with Crippen molar-refractivity contribution in [1.82, 2.24) is 0 Å². The van der Waals surface area contributed by atoms with Gasteiger partial charge < -0.3 is 10.2 Å². The maximum absolute atomic E-state index is 8.60. The minimum atomic E-state index is -2.45. The first-order valence-electron chi connectivity index (χ1n) is 1.69. The molecule has 2 N–H and O–H groups in total. The first-order chi connectivity index (χ1) is 4.21. The number of aliphatic hydroxyl groups is 2. The summed E-state index contributed by atoms with van der Waals surface area (Å²) in [6.07, 6.45) is -2.45. The summed E-state index contributed by atoms with van der Waals surface area (Å²) in [5, 5.41) is 17.2. The Morgan fingerprint density at radius 1 is 1.00 bits per heavy atom. The highest BCUT2D eigenvalue weighted by atomic mass is 33.7. The van der Waals surface area contributed by atoms with Crippen LogP contribution in [-0.2, 0) is 8.37 Å². The highest BCUT2D eigenvalue weighted by molar-refractivity contribution is 9.25. The fraction of sp³-hybridized carbons (Fsp3) is 1.00. The van der Waals surface area contributed by atoms with Crippen LogP contribution < -0.4 is 0 Å². The summed E-state index contributed by atoms with van der Waals surface area (Å²) >= 11 is 1.71. The van der Waals surface area contributed by atoms with Gasteiger partial charge in [-0.25, -0.2) is 8.37 Å². The van der Waals surface area contributed by atoms with Gasteiger partial charge in [0.2, 0.25) is 0 Å². The maximum Gasteiger partial charge on any atom is 0.431 e. The molecule has 1 aliphatic heterocycles. The summed E-state index contributed by atoms with van der Waals surface area (Å²) in [5.74, 6) is 0. The molecule has 0 aromatic carbocycles. The Hall–Kier alpha value is 1.24. The zero-order chi connectivity index (χ0) is 6.74. The SMILES string of the molecule is OC1(O)OSSSSO1. The van der Waals surface area contributed by atoms with E-state index in [1.165, 1.54) is 19.7 Å². The lowest BCUT2D eigenvalue weighted by Crippen LogP contribution is -2.29. The molecule has 9 heavy (non-hydrogen) atoms. The second-order valence-electron chi connectivity index (χ2n) is 0.987. The molecule has 4 nitrogen and oxygen atoms in total. The third-order valence-electron chi connectivity index (χ3n) is 0.368. The van der Waals surface area contributed by atoms with Crippen LogP contribution in [0.4, 0.5) is 0 Å². The minimum absolute atomic E-state index is 0.856. The highest BCUT2D eigenvalue weighted by Gasteiger charge is 2.30. The van der Waals surface area contributed by atoms with Gasteiger partial charge in [-0.05, 0) is 0 Å². The molecule has 0 saturated carbocycles. The third kappa shape index (κ3) is 3.23. The molecule has 0 spiro atoms. The van der Waals surface area contributed by atoms with Crippen molar-refractivity contribution in [3.63, 3.8) is 0 Å². The molecule has 8 heteroatoms. The van der Waals surface area contributed by atoms with Gasteiger partial charge >= 0.3 is 6.16 Å². The molecule has 1 aliphatic rings. The zero-order valence-electron chi connectivity index (χ0n) is 3.84. The standard InChI is InChI=1S/CH2O4S4/c2-1(3)4-6-8-9-7-5-1/h2-3H. The van der Waals surface area contributed by atoms with Crippen molar-refractivity contribution in [3.05, 3.63) is 0 Å². The molecule has 0 atom stereocenters. The van der Waals surface area contributed by atoms with E-state index in [1.54, 1.807) is 0 Å². The Labute approximate surface area is 66.7 Å². The molecule has 0 aromatic rings. The Kier molecular flexibility index (Phi) is 3.32. The van der Waals surface area contributed by atoms with Gasteiger partial charge in [0.05, 0.1) is 22.1 Å². The smallest absolute Gasteiger partial charge is 0.318 e. The van der Waals surface area contributed by atoms with Crippen molar-refractivity contribution >= 4 is 41.8 Å². The van der Waals surface area contributed by atoms with Crippen LogP contribution in [0.1, 0.15) is 0 Å². The van der Waals surface area contributed by atoms with E-state index < -0.39 is 6.16 Å². The molecule has 0 amide bonds. The van der Waals surface area contributed by atoms with Crippen molar-refractivity contribution in [2.24, 2.45) is 0 Å². The van der Waals surface area contributed by atoms with Crippen molar-refractivity contribution in [2.45, 2.75) is 6.16 Å². The van der Waals surface area contributed by atoms with Gasteiger partial charge in [0.25, 0.3) is 0 Å². The normalized spacial score (nSPS) is 27.3. The predicted octanol–water partition coefficient (Wildman–Crippen LogP) is 1.14. The molecular formula is CH2O4S4. The minimum Gasteiger partial charge on any atom is -0.318 e. The zero-order valence-corrected chi connectivity index (χ0v) is 7.11. The Bertz CT molecular complexity index is 84.6. The van der Waals surface area contributed by atoms with Crippen LogP contribution in [0, 0.1) is 0 Å². The second-order valence-corrected chi connectivity index (χ2v) is 5.95. The van der Waals surface area contributed by atoms with Gasteiger partial charge in [-0.3, -0.25) is 0 Å². The number of hydrogen-bond acceptors (Lipinski definition) is 8. The average Bonchev–Trinajstić information content (AvgIpc) is 1.92. The molecule has 0 radical (unpaired) electrons. The van der Waals surface area contributed by atoms with E-state index in [-0.39, 0.29) is 0 Å². The molecular weight excluding hydrogens is 204 g/mol. The van der Waals surface area contributed by atoms with E-state index in [9.17, 15) is 0 Å². The average molecular weight is 206 g/mol. The van der Waals surface area contributed by atoms with Crippen LogP contribution in [0.2, 0.25) is 0 Å². The van der Waals surface area contributed by atoms with Crippen LogP contribution in [-0.4, -0.2) is 16.4 Å². The topological polar surface area (TPSA) is 58.9 Å². The fourth-order valence-electron chi connectivity index (χ4n) is 0.153. The number of hydrogen-bond donors (Lipinski definition) is 2. The van der Waals surface area contributed by atoms with E-state index in [4.69, 9.17) is 10.2 Å². The summed E-state index contributed by atoms with van der Waals surface area (Å²) in [6.45, 7) is 0. The molecule has 0 aromatic heterocycles. The van der Waals surface area contributed by atoms with E-state index in [2.05, 4.69) is 8.37 Å². The van der Waals surface area contributed by atoms with Gasteiger partial charge in [0.1, 0.15) is 0 Å². The van der Waals surface area contributed by atoms with Gasteiger partial charge in [0.15, 0.2) is 0 Å². The first kappa shape index (κ1) is 8.34. The quantitative estimate of drug-likeness (QED) is 0.347. The summed E-state index contributed by atoms with van der Waals surface area (Å²) in [7, 11) is 2.49. The van der Waals surface area contributed by atoms with Crippen molar-refractivity contribution in [3.8, 4) is 0 Å². The summed E-state index contributed by atoms with van der Waals surface area (Å²) in [5.41, 5.74) is 0. The predicted molar refractivity (Wildman–Crippen MR) is 39.7 cm³/mol. The van der Waals surface area contributed by atoms with Gasteiger partial charge in [-0.1, -0.05) is 0 Å². The first-order valence-corrected chi connectivity index (χ1v) is 6.36. The summed E-state index contributed by atoms with van der Waals surface area (Å²) < 4.78 is 8.63. The second kappa shape index (κ2) is 3.58. The molecule has 1 rings (SSSR count). The van der Waals surface area contributed by atoms with E-state index in [0.717, 1.165) is 22.1 Å². The Balaban J connectivity index is 2.36. The molecule has 1 heterocycles. The highest BCUT2D eigenvalue weighted by Crippen LogP contribution is 2.49. The monoisotopic (exact) mass is 206 g/mol. The van der Waals surface area contributed by atoms with Crippen LogP contribution in [0.3, 0.4) is 0 Å². The lowest BCUT2D eigenvalue weighted by atomic mass is 11.2. The van der Waals surface area contributed by atoms with Gasteiger partial charge in [-0.2, -0.15) is 0 Å². The van der Waals surface area contributed by atoms with E-state index >= 15 is 0 Å². The Morgan fingerprint density at radius 3 is 1.89 bits per heavy atom. The molecule has 54 valence electrons. The van der Waals surface area contributed by atoms with Crippen LogP contribution >= 0.6 is 41.8 Å². The van der Waals surface area contributed by atoms with Crippen molar-refractivity contribution in [2.75, 3.05) is 0 Å². The van der Waals surface area contributed by atoms with E-state index in [1.807, 2.05) is 0 Å². The van der Waals surface area contributed by atoms with Gasteiger partial charge in [0, 0.05) is 19.7 Å². The Morgan fingerprint density at radius 2 is 1.44 bits per heavy atom. The summed E-state index contributed by atoms with van der Waals surface area (Å²) in [4.78, 5) is 0. The molecule has 0 aliphatic carbocycles. The lowest BCUT2D eigenvalue weighted by molar-refractivity contribution is -0.391. The molecule has 1 saturated heterocycles. The van der Waals surface area contributed by atoms with Crippen molar-refractivity contribution in [1.29, 1.82) is 0 Å². The van der Waals surface area contributed by atoms with Crippen LogP contribution in [0.5, 0.6) is 0 Å². The summed E-state index contributed by atoms with van der Waals surface area (Å²) in [6, 6.07) is 0. The van der Waals surface area contributed by atoms with Crippen LogP contribution in [0.25, 0.3) is 0 Å². The van der Waals surface area contributed by atoms with Crippen LogP contribution in [0.15, 0.2) is 0 Å². The molecule has 1 fully saturated rings. The lowest BCUT2D eigenvalue weighted by Gasteiger charge is -2.12. The van der Waals surface area contributed by atoms with Crippen molar-refractivity contribution < 1.29 is 18.6 Å². The van der Waals surface area contributed by atoms with E-state index in [0.29, 0.717) is 0 Å². The number of rotatable bonds is 0. The maximum atomic E-state index is 8.60. The fourth-order valence-corrected chi connectivity index (χ4v) is 3.51. The largest absolute Gasteiger partial charge is 0.431 e.